The van der Waals surface area contributed by atoms with E-state index in [0.717, 1.165) is 31.3 Å². The molecule has 0 unspecified atom stereocenters. The molecule has 0 saturated heterocycles. The van der Waals surface area contributed by atoms with Crippen molar-refractivity contribution in [2.45, 2.75) is 60.3 Å². The second-order valence-corrected chi connectivity index (χ2v) is 4.64. The molecule has 0 spiro atoms. The summed E-state index contributed by atoms with van der Waals surface area (Å²) in [6.45, 7) is 11.0. The first kappa shape index (κ1) is 15.7. The first-order valence-corrected chi connectivity index (χ1v) is 7.47. The number of rotatable bonds is 6. The second-order valence-electron chi connectivity index (χ2n) is 4.64. The minimum atomic E-state index is -0.220. The summed E-state index contributed by atoms with van der Waals surface area (Å²) in [6.07, 6.45) is 5.72. The Balaban J connectivity index is 3.30. The highest BCUT2D eigenvalue weighted by molar-refractivity contribution is 5.86. The van der Waals surface area contributed by atoms with Crippen molar-refractivity contribution in [2.75, 3.05) is 6.61 Å². The van der Waals surface area contributed by atoms with Gasteiger partial charge in [0.15, 0.2) is 0 Å². The summed E-state index contributed by atoms with van der Waals surface area (Å²) in [6, 6.07) is 0. The smallest absolute Gasteiger partial charge is 0.331 e. The van der Waals surface area contributed by atoms with Crippen LogP contribution in [0.15, 0.2) is 33.9 Å². The molecule has 0 radical (unpaired) electrons. The Bertz CT molecular complexity index is 406. The molecule has 106 valence electrons. The van der Waals surface area contributed by atoms with Crippen LogP contribution in [0.25, 0.3) is 0 Å². The maximum Gasteiger partial charge on any atom is 0.331 e. The lowest BCUT2D eigenvalue weighted by molar-refractivity contribution is -0.137. The third kappa shape index (κ3) is 3.17. The van der Waals surface area contributed by atoms with Gasteiger partial charge < -0.3 is 4.74 Å². The Labute approximate surface area is 117 Å². The van der Waals surface area contributed by atoms with Crippen LogP contribution in [0.2, 0.25) is 0 Å². The van der Waals surface area contributed by atoms with Gasteiger partial charge in [-0.05, 0) is 60.5 Å². The molecule has 2 nitrogen and oxygen atoms in total. The maximum atomic E-state index is 11.8. The van der Waals surface area contributed by atoms with Gasteiger partial charge in [-0.1, -0.05) is 27.7 Å². The zero-order valence-corrected chi connectivity index (χ0v) is 12.9. The van der Waals surface area contributed by atoms with Crippen LogP contribution in [-0.2, 0) is 9.53 Å². The molecule has 0 aromatic rings. The minimum absolute atomic E-state index is 0.220. The standard InChI is InChI=1S/C17H26O2/c1-6-12-13(7-2)15(9-4)16(14(12)8-3)11-17(18)19-10-5/h11H,6-10H2,1-5H3. The van der Waals surface area contributed by atoms with Gasteiger partial charge in [0.05, 0.1) is 6.61 Å². The van der Waals surface area contributed by atoms with Crippen LogP contribution in [0.5, 0.6) is 0 Å². The monoisotopic (exact) mass is 262 g/mol. The minimum Gasteiger partial charge on any atom is -0.463 e. The van der Waals surface area contributed by atoms with Crippen molar-refractivity contribution in [3.05, 3.63) is 33.9 Å². The highest BCUT2D eigenvalue weighted by atomic mass is 16.5. The molecule has 0 amide bonds. The fraction of sp³-hybridized carbons (Fsp3) is 0.588. The largest absolute Gasteiger partial charge is 0.463 e. The predicted octanol–water partition coefficient (Wildman–Crippen LogP) is 4.72. The zero-order valence-electron chi connectivity index (χ0n) is 12.9. The fourth-order valence-corrected chi connectivity index (χ4v) is 3.01. The summed E-state index contributed by atoms with van der Waals surface area (Å²) in [5.74, 6) is -0.220. The van der Waals surface area contributed by atoms with Crippen LogP contribution in [0, 0.1) is 0 Å². The molecule has 1 rings (SSSR count). The van der Waals surface area contributed by atoms with Crippen molar-refractivity contribution >= 4 is 5.97 Å². The van der Waals surface area contributed by atoms with Crippen LogP contribution in [0.1, 0.15) is 60.3 Å². The molecule has 19 heavy (non-hydrogen) atoms. The van der Waals surface area contributed by atoms with E-state index >= 15 is 0 Å². The van der Waals surface area contributed by atoms with Crippen LogP contribution < -0.4 is 0 Å². The highest BCUT2D eigenvalue weighted by Crippen LogP contribution is 2.42. The van der Waals surface area contributed by atoms with Crippen molar-refractivity contribution in [3.8, 4) is 0 Å². The van der Waals surface area contributed by atoms with E-state index in [4.69, 9.17) is 4.74 Å². The molecule has 1 aliphatic carbocycles. The van der Waals surface area contributed by atoms with Gasteiger partial charge in [0, 0.05) is 6.08 Å². The average Bonchev–Trinajstić information content (AvgIpc) is 2.70. The van der Waals surface area contributed by atoms with Crippen molar-refractivity contribution in [1.82, 2.24) is 0 Å². The highest BCUT2D eigenvalue weighted by Gasteiger charge is 2.25. The molecule has 0 heterocycles. The van der Waals surface area contributed by atoms with E-state index in [2.05, 4.69) is 27.7 Å². The number of carbonyl (C=O) groups is 1. The van der Waals surface area contributed by atoms with E-state index in [1.165, 1.54) is 22.3 Å². The topological polar surface area (TPSA) is 26.3 Å². The summed E-state index contributed by atoms with van der Waals surface area (Å²) >= 11 is 0. The van der Waals surface area contributed by atoms with E-state index in [0.29, 0.717) is 6.61 Å². The van der Waals surface area contributed by atoms with Gasteiger partial charge in [0.2, 0.25) is 0 Å². The predicted molar refractivity (Wildman–Crippen MR) is 79.9 cm³/mol. The van der Waals surface area contributed by atoms with Gasteiger partial charge in [-0.15, -0.1) is 0 Å². The lowest BCUT2D eigenvalue weighted by Gasteiger charge is -2.08. The number of allylic oxidation sites excluding steroid dienone is 5. The summed E-state index contributed by atoms with van der Waals surface area (Å²) in [5, 5.41) is 0. The van der Waals surface area contributed by atoms with E-state index in [1.54, 1.807) is 6.08 Å². The molecular weight excluding hydrogens is 236 g/mol. The molecular formula is C17H26O2. The third-order valence-electron chi connectivity index (χ3n) is 3.71. The molecule has 1 aliphatic rings. The van der Waals surface area contributed by atoms with E-state index in [-0.39, 0.29) is 5.97 Å². The van der Waals surface area contributed by atoms with Gasteiger partial charge in [-0.25, -0.2) is 4.79 Å². The normalized spacial score (nSPS) is 15.3. The van der Waals surface area contributed by atoms with E-state index < -0.39 is 0 Å². The van der Waals surface area contributed by atoms with Crippen molar-refractivity contribution < 1.29 is 9.53 Å². The van der Waals surface area contributed by atoms with Crippen LogP contribution in [0.3, 0.4) is 0 Å². The molecule has 2 heteroatoms. The Kier molecular flexibility index (Phi) is 6.07. The molecule has 0 saturated carbocycles. The summed E-state index contributed by atoms with van der Waals surface area (Å²) in [7, 11) is 0. The Morgan fingerprint density at radius 1 is 0.842 bits per heavy atom. The van der Waals surface area contributed by atoms with Crippen molar-refractivity contribution in [1.29, 1.82) is 0 Å². The number of hydrogen-bond acceptors (Lipinski definition) is 2. The SMILES string of the molecule is CCOC(=O)C=C1C(CC)=C(CC)C(CC)=C1CC. The summed E-state index contributed by atoms with van der Waals surface area (Å²) in [5.41, 5.74) is 6.68. The average molecular weight is 262 g/mol. The van der Waals surface area contributed by atoms with Gasteiger partial charge >= 0.3 is 5.97 Å². The number of ether oxygens (including phenoxy) is 1. The number of esters is 1. The van der Waals surface area contributed by atoms with Crippen LogP contribution >= 0.6 is 0 Å². The quantitative estimate of drug-likeness (QED) is 0.511. The van der Waals surface area contributed by atoms with Gasteiger partial charge in [-0.2, -0.15) is 0 Å². The number of carbonyl (C=O) groups excluding carboxylic acids is 1. The van der Waals surface area contributed by atoms with Crippen molar-refractivity contribution in [2.24, 2.45) is 0 Å². The maximum absolute atomic E-state index is 11.8. The van der Waals surface area contributed by atoms with Crippen molar-refractivity contribution in [3.63, 3.8) is 0 Å². The first-order valence-electron chi connectivity index (χ1n) is 7.47. The van der Waals surface area contributed by atoms with Crippen LogP contribution in [0.4, 0.5) is 0 Å². The first-order chi connectivity index (χ1) is 9.14. The van der Waals surface area contributed by atoms with Gasteiger partial charge in [-0.3, -0.25) is 0 Å². The molecule has 0 bridgehead atoms. The fourth-order valence-electron chi connectivity index (χ4n) is 3.01. The Morgan fingerprint density at radius 3 is 1.58 bits per heavy atom. The number of hydrogen-bond donors (Lipinski definition) is 0. The second kappa shape index (κ2) is 7.32. The van der Waals surface area contributed by atoms with Gasteiger partial charge in [0.25, 0.3) is 0 Å². The Morgan fingerprint density at radius 2 is 1.26 bits per heavy atom. The third-order valence-corrected chi connectivity index (χ3v) is 3.71. The Hall–Kier alpha value is -1.31. The zero-order chi connectivity index (χ0) is 14.4. The summed E-state index contributed by atoms with van der Waals surface area (Å²) < 4.78 is 5.07. The molecule has 0 aliphatic heterocycles. The molecule has 0 fully saturated rings. The molecule has 0 aromatic heterocycles. The molecule has 0 atom stereocenters. The lowest BCUT2D eigenvalue weighted by atomic mass is 9.98. The summed E-state index contributed by atoms with van der Waals surface area (Å²) in [4.78, 5) is 11.8. The van der Waals surface area contributed by atoms with Gasteiger partial charge in [0.1, 0.15) is 0 Å². The lowest BCUT2D eigenvalue weighted by Crippen LogP contribution is -2.02. The van der Waals surface area contributed by atoms with Crippen LogP contribution in [-0.4, -0.2) is 12.6 Å². The molecule has 0 N–H and O–H groups in total. The molecule has 0 aromatic carbocycles. The van der Waals surface area contributed by atoms with E-state index in [9.17, 15) is 4.79 Å². The van der Waals surface area contributed by atoms with E-state index in [1.807, 2.05) is 6.92 Å².